The number of benzene rings is 3. The lowest BCUT2D eigenvalue weighted by atomic mass is 9.87. The number of aromatic nitrogens is 3. The van der Waals surface area contributed by atoms with Crippen LogP contribution in [0.4, 0.5) is 0 Å². The van der Waals surface area contributed by atoms with Gasteiger partial charge >= 0.3 is 5.97 Å². The van der Waals surface area contributed by atoms with Crippen LogP contribution in [-0.2, 0) is 16.0 Å². The van der Waals surface area contributed by atoms with E-state index in [2.05, 4.69) is 10.1 Å². The molecule has 6 nitrogen and oxygen atoms in total. The zero-order valence-electron chi connectivity index (χ0n) is 18.8. The van der Waals surface area contributed by atoms with Crippen LogP contribution in [0.25, 0.3) is 10.8 Å². The normalized spacial score (nSPS) is 13.5. The summed E-state index contributed by atoms with van der Waals surface area (Å²) < 4.78 is 13.9. The summed E-state index contributed by atoms with van der Waals surface area (Å²) in [5.41, 5.74) is 0.471. The summed E-state index contributed by atoms with van der Waals surface area (Å²) in [7, 11) is 0. The van der Waals surface area contributed by atoms with Crippen molar-refractivity contribution < 1.29 is 14.3 Å². The molecular weight excluding hydrogens is 438 g/mol. The Hall–Kier alpha value is -3.38. The molecule has 1 aromatic heterocycles. The van der Waals surface area contributed by atoms with E-state index in [0.29, 0.717) is 10.8 Å². The van der Waals surface area contributed by atoms with E-state index < -0.39 is 17.7 Å². The summed E-state index contributed by atoms with van der Waals surface area (Å²) in [4.78, 5) is 17.2. The molecule has 0 bridgehead atoms. The van der Waals surface area contributed by atoms with Crippen molar-refractivity contribution in [2.75, 3.05) is 0 Å². The van der Waals surface area contributed by atoms with Crippen molar-refractivity contribution in [1.29, 1.82) is 0 Å². The summed E-state index contributed by atoms with van der Waals surface area (Å²) in [5, 5.41) is 6.99. The lowest BCUT2D eigenvalue weighted by Crippen LogP contribution is -2.42. The van der Waals surface area contributed by atoms with Gasteiger partial charge in [0.1, 0.15) is 18.4 Å². The Morgan fingerprint density at radius 1 is 1.03 bits per heavy atom. The molecule has 0 radical (unpaired) electrons. The van der Waals surface area contributed by atoms with E-state index in [9.17, 15) is 4.79 Å². The largest absolute Gasteiger partial charge is 0.465 e. The van der Waals surface area contributed by atoms with E-state index in [1.54, 1.807) is 35.3 Å². The number of ether oxygens (including phenoxy) is 2. The lowest BCUT2D eigenvalue weighted by molar-refractivity contribution is -0.168. The van der Waals surface area contributed by atoms with Gasteiger partial charge in [-0.1, -0.05) is 74.8 Å². The van der Waals surface area contributed by atoms with Crippen LogP contribution in [0.15, 0.2) is 79.4 Å². The van der Waals surface area contributed by atoms with E-state index in [-0.39, 0.29) is 12.4 Å². The average molecular weight is 464 g/mol. The van der Waals surface area contributed by atoms with Crippen molar-refractivity contribution >= 4 is 28.3 Å². The van der Waals surface area contributed by atoms with Crippen molar-refractivity contribution in [3.05, 3.63) is 90.0 Å². The second-order valence-corrected chi connectivity index (χ2v) is 9.37. The molecular formula is C26H26ClN3O3. The molecule has 0 spiro atoms. The van der Waals surface area contributed by atoms with Gasteiger partial charge in [0.15, 0.2) is 6.10 Å². The maximum atomic E-state index is 13.1. The molecule has 4 aromatic rings. The Balaban J connectivity index is 1.61. The van der Waals surface area contributed by atoms with Crippen molar-refractivity contribution in [2.45, 2.75) is 39.5 Å². The molecule has 4 rings (SSSR count). The molecule has 170 valence electrons. The Kier molecular flexibility index (Phi) is 6.65. The highest BCUT2D eigenvalue weighted by Gasteiger charge is 2.39. The molecule has 0 saturated carbocycles. The summed E-state index contributed by atoms with van der Waals surface area (Å²) in [5.74, 6) is 0.246. The highest BCUT2D eigenvalue weighted by atomic mass is 35.5. The predicted octanol–water partition coefficient (Wildman–Crippen LogP) is 5.86. The Bertz CT molecular complexity index is 1210. The third-order valence-corrected chi connectivity index (χ3v) is 5.61. The number of carbonyl (C=O) groups excluding carboxylic acids is 1. The number of carbonyl (C=O) groups is 1. The maximum Gasteiger partial charge on any atom is 0.310 e. The van der Waals surface area contributed by atoms with E-state index in [1.807, 2.05) is 63.2 Å². The molecule has 33 heavy (non-hydrogen) atoms. The number of halogens is 1. The molecule has 7 heteroatoms. The van der Waals surface area contributed by atoms with Crippen molar-refractivity contribution in [3.8, 4) is 5.75 Å². The average Bonchev–Trinajstić information content (AvgIpc) is 3.32. The molecule has 0 N–H and O–H groups in total. The van der Waals surface area contributed by atoms with Crippen molar-refractivity contribution in [2.24, 2.45) is 5.41 Å². The smallest absolute Gasteiger partial charge is 0.310 e. The topological polar surface area (TPSA) is 66.2 Å². The first-order valence-corrected chi connectivity index (χ1v) is 11.1. The van der Waals surface area contributed by atoms with Crippen LogP contribution in [0.2, 0.25) is 5.02 Å². The van der Waals surface area contributed by atoms with Gasteiger partial charge in [0, 0.05) is 10.4 Å². The number of hydrogen-bond acceptors (Lipinski definition) is 5. The SMILES string of the molecule is CC(C)(C)C(OC(=O)Cc1cccc2ccccc12)C(Oc1ccc(Cl)cc1)n1cncn1. The molecule has 0 aliphatic carbocycles. The molecule has 1 heterocycles. The van der Waals surface area contributed by atoms with E-state index in [0.717, 1.165) is 16.3 Å². The molecule has 2 atom stereocenters. The zero-order chi connectivity index (χ0) is 23.4. The fraction of sp³-hybridized carbons (Fsp3) is 0.269. The minimum atomic E-state index is -0.717. The number of nitrogens with zero attached hydrogens (tertiary/aromatic N) is 3. The molecule has 3 aromatic carbocycles. The van der Waals surface area contributed by atoms with Crippen molar-refractivity contribution in [1.82, 2.24) is 14.8 Å². The molecule has 0 amide bonds. The second kappa shape index (κ2) is 9.63. The van der Waals surface area contributed by atoms with Gasteiger partial charge < -0.3 is 9.47 Å². The first kappa shape index (κ1) is 22.8. The molecule has 0 fully saturated rings. The fourth-order valence-electron chi connectivity index (χ4n) is 3.70. The second-order valence-electron chi connectivity index (χ2n) is 8.93. The first-order chi connectivity index (χ1) is 15.8. The summed E-state index contributed by atoms with van der Waals surface area (Å²) in [6.45, 7) is 5.99. The highest BCUT2D eigenvalue weighted by molar-refractivity contribution is 6.30. The van der Waals surface area contributed by atoms with Gasteiger partial charge in [-0.25, -0.2) is 9.67 Å². The van der Waals surface area contributed by atoms with Crippen LogP contribution in [0, 0.1) is 5.41 Å². The number of hydrogen-bond donors (Lipinski definition) is 0. The quantitative estimate of drug-likeness (QED) is 0.321. The third kappa shape index (κ3) is 5.52. The third-order valence-electron chi connectivity index (χ3n) is 5.35. The highest BCUT2D eigenvalue weighted by Crippen LogP contribution is 2.34. The van der Waals surface area contributed by atoms with E-state index in [4.69, 9.17) is 21.1 Å². The van der Waals surface area contributed by atoms with Crippen LogP contribution in [0.5, 0.6) is 5.75 Å². The van der Waals surface area contributed by atoms with Crippen LogP contribution >= 0.6 is 11.6 Å². The van der Waals surface area contributed by atoms with Gasteiger partial charge in [-0.3, -0.25) is 4.79 Å². The molecule has 0 aliphatic heterocycles. The van der Waals surface area contributed by atoms with Crippen LogP contribution < -0.4 is 4.74 Å². The van der Waals surface area contributed by atoms with Crippen molar-refractivity contribution in [3.63, 3.8) is 0 Å². The molecule has 0 aliphatic rings. The van der Waals surface area contributed by atoms with Gasteiger partial charge in [0.2, 0.25) is 6.23 Å². The minimum Gasteiger partial charge on any atom is -0.465 e. The Morgan fingerprint density at radius 3 is 2.45 bits per heavy atom. The fourth-order valence-corrected chi connectivity index (χ4v) is 3.83. The van der Waals surface area contributed by atoms with E-state index in [1.165, 1.54) is 6.33 Å². The minimum absolute atomic E-state index is 0.152. The van der Waals surface area contributed by atoms with Crippen LogP contribution in [0.1, 0.15) is 32.6 Å². The standard InChI is InChI=1S/C26H26ClN3O3/c1-26(2,3)24(25(30-17-28-16-29-30)32-21-13-11-20(27)12-14-21)33-23(31)15-19-9-6-8-18-7-4-5-10-22(18)19/h4-14,16-17,24-25H,15H2,1-3H3. The summed E-state index contributed by atoms with van der Waals surface area (Å²) in [6.07, 6.45) is 1.77. The molecule has 0 saturated heterocycles. The number of rotatable bonds is 7. The Labute approximate surface area is 198 Å². The summed E-state index contributed by atoms with van der Waals surface area (Å²) in [6, 6.07) is 21.0. The van der Waals surface area contributed by atoms with Crippen LogP contribution in [0.3, 0.4) is 0 Å². The number of fused-ring (bicyclic) bond motifs is 1. The molecule has 2 unspecified atom stereocenters. The van der Waals surface area contributed by atoms with Gasteiger partial charge in [-0.2, -0.15) is 5.10 Å². The first-order valence-electron chi connectivity index (χ1n) is 10.7. The predicted molar refractivity (Wildman–Crippen MR) is 128 cm³/mol. The van der Waals surface area contributed by atoms with Crippen LogP contribution in [-0.4, -0.2) is 26.8 Å². The van der Waals surface area contributed by atoms with Gasteiger partial charge in [0.25, 0.3) is 0 Å². The number of esters is 1. The van der Waals surface area contributed by atoms with Gasteiger partial charge in [0.05, 0.1) is 6.42 Å². The summed E-state index contributed by atoms with van der Waals surface area (Å²) >= 11 is 6.02. The zero-order valence-corrected chi connectivity index (χ0v) is 19.6. The van der Waals surface area contributed by atoms with Gasteiger partial charge in [-0.15, -0.1) is 0 Å². The Morgan fingerprint density at radius 2 is 1.76 bits per heavy atom. The monoisotopic (exact) mass is 463 g/mol. The maximum absolute atomic E-state index is 13.1. The van der Waals surface area contributed by atoms with E-state index >= 15 is 0 Å². The van der Waals surface area contributed by atoms with Gasteiger partial charge in [-0.05, 0) is 40.6 Å². The lowest BCUT2D eigenvalue weighted by Gasteiger charge is -2.36.